The number of carbonyl (C=O) groups excluding carboxylic acids is 2. The highest BCUT2D eigenvalue weighted by atomic mass is 19.1. The lowest BCUT2D eigenvalue weighted by molar-refractivity contribution is -0.136. The fourth-order valence-electron chi connectivity index (χ4n) is 1.10. The van der Waals surface area contributed by atoms with Crippen LogP contribution in [0.25, 0.3) is 0 Å². The van der Waals surface area contributed by atoms with E-state index in [9.17, 15) is 14.0 Å². The summed E-state index contributed by atoms with van der Waals surface area (Å²) in [6, 6.07) is 5.30. The first kappa shape index (κ1) is 13.1. The minimum atomic E-state index is -0.841. The van der Waals surface area contributed by atoms with Crippen LogP contribution in [0.2, 0.25) is 0 Å². The van der Waals surface area contributed by atoms with Crippen LogP contribution in [-0.4, -0.2) is 32.1 Å². The molecule has 0 bridgehead atoms. The van der Waals surface area contributed by atoms with Crippen LogP contribution in [0, 0.1) is 5.82 Å². The van der Waals surface area contributed by atoms with Crippen LogP contribution in [0.5, 0.6) is 0 Å². The molecule has 0 aliphatic heterocycles. The number of carbonyl (C=O) groups is 2. The van der Waals surface area contributed by atoms with Crippen molar-refractivity contribution in [3.05, 3.63) is 30.1 Å². The molecule has 0 spiro atoms. The molecule has 1 aromatic rings. The normalized spacial score (nSPS) is 9.76. The second kappa shape index (κ2) is 6.59. The average Bonchev–Trinajstić information content (AvgIpc) is 2.29. The van der Waals surface area contributed by atoms with Crippen molar-refractivity contribution in [1.29, 1.82) is 0 Å². The molecule has 0 saturated carbocycles. The minimum absolute atomic E-state index is 0.233. The summed E-state index contributed by atoms with van der Waals surface area (Å²) in [7, 11) is 1.49. The molecule has 17 heavy (non-hydrogen) atoms. The molecule has 1 aromatic carbocycles. The van der Waals surface area contributed by atoms with Crippen molar-refractivity contribution in [3.63, 3.8) is 0 Å². The highest BCUT2D eigenvalue weighted by molar-refractivity contribution is 6.39. The zero-order valence-corrected chi connectivity index (χ0v) is 9.33. The number of hydrogen-bond donors (Lipinski definition) is 2. The van der Waals surface area contributed by atoms with E-state index in [0.717, 1.165) is 6.07 Å². The number of halogens is 1. The van der Waals surface area contributed by atoms with Crippen LogP contribution >= 0.6 is 0 Å². The van der Waals surface area contributed by atoms with Gasteiger partial charge in [0, 0.05) is 19.3 Å². The summed E-state index contributed by atoms with van der Waals surface area (Å²) in [5, 5.41) is 4.63. The first-order valence-electron chi connectivity index (χ1n) is 4.97. The van der Waals surface area contributed by atoms with Crippen LogP contribution in [0.4, 0.5) is 10.1 Å². The third-order valence-corrected chi connectivity index (χ3v) is 1.88. The molecule has 2 N–H and O–H groups in total. The van der Waals surface area contributed by atoms with Crippen LogP contribution in [-0.2, 0) is 14.3 Å². The van der Waals surface area contributed by atoms with Gasteiger partial charge in [0.2, 0.25) is 0 Å². The maximum atomic E-state index is 12.8. The summed E-state index contributed by atoms with van der Waals surface area (Å²) in [4.78, 5) is 22.6. The van der Waals surface area contributed by atoms with E-state index < -0.39 is 17.6 Å². The third kappa shape index (κ3) is 4.60. The van der Waals surface area contributed by atoms with Gasteiger partial charge < -0.3 is 15.4 Å². The third-order valence-electron chi connectivity index (χ3n) is 1.88. The number of methoxy groups -OCH3 is 1. The summed E-state index contributed by atoms with van der Waals surface area (Å²) < 4.78 is 17.5. The van der Waals surface area contributed by atoms with E-state index >= 15 is 0 Å². The number of rotatable bonds is 4. The van der Waals surface area contributed by atoms with Gasteiger partial charge in [-0.25, -0.2) is 4.39 Å². The van der Waals surface area contributed by atoms with Crippen molar-refractivity contribution in [1.82, 2.24) is 5.32 Å². The Morgan fingerprint density at radius 3 is 2.76 bits per heavy atom. The smallest absolute Gasteiger partial charge is 0.313 e. The van der Waals surface area contributed by atoms with Crippen molar-refractivity contribution in [2.24, 2.45) is 0 Å². The summed E-state index contributed by atoms with van der Waals surface area (Å²) in [6.45, 7) is 0.560. The van der Waals surface area contributed by atoms with E-state index in [1.165, 1.54) is 25.3 Å². The molecule has 0 aromatic heterocycles. The van der Waals surface area contributed by atoms with Gasteiger partial charge in [0.15, 0.2) is 0 Å². The lowest BCUT2D eigenvalue weighted by Crippen LogP contribution is -2.37. The Hall–Kier alpha value is -1.95. The monoisotopic (exact) mass is 240 g/mol. The van der Waals surface area contributed by atoms with Crippen molar-refractivity contribution in [2.75, 3.05) is 25.6 Å². The molecular formula is C11H13FN2O3. The predicted molar refractivity (Wildman–Crippen MR) is 59.9 cm³/mol. The molecule has 1 rings (SSSR count). The number of hydrogen-bond acceptors (Lipinski definition) is 3. The molecule has 0 saturated heterocycles. The van der Waals surface area contributed by atoms with Gasteiger partial charge in [0.25, 0.3) is 0 Å². The molecule has 0 aliphatic carbocycles. The van der Waals surface area contributed by atoms with Gasteiger partial charge in [-0.1, -0.05) is 6.07 Å². The van der Waals surface area contributed by atoms with Crippen molar-refractivity contribution >= 4 is 17.5 Å². The maximum Gasteiger partial charge on any atom is 0.313 e. The van der Waals surface area contributed by atoms with Crippen molar-refractivity contribution in [2.45, 2.75) is 0 Å². The van der Waals surface area contributed by atoms with Gasteiger partial charge in [-0.3, -0.25) is 9.59 Å². The van der Waals surface area contributed by atoms with Gasteiger partial charge in [-0.2, -0.15) is 0 Å². The fraction of sp³-hybridized carbons (Fsp3) is 0.273. The Morgan fingerprint density at radius 1 is 1.35 bits per heavy atom. The highest BCUT2D eigenvalue weighted by Crippen LogP contribution is 2.08. The fourth-order valence-corrected chi connectivity index (χ4v) is 1.10. The van der Waals surface area contributed by atoms with Crippen molar-refractivity contribution < 1.29 is 18.7 Å². The van der Waals surface area contributed by atoms with Crippen LogP contribution < -0.4 is 10.6 Å². The molecule has 0 fully saturated rings. The summed E-state index contributed by atoms with van der Waals surface area (Å²) in [5.41, 5.74) is 0.233. The summed E-state index contributed by atoms with van der Waals surface area (Å²) >= 11 is 0. The largest absolute Gasteiger partial charge is 0.383 e. The zero-order valence-electron chi connectivity index (χ0n) is 9.33. The number of benzene rings is 1. The maximum absolute atomic E-state index is 12.8. The molecule has 6 heteroatoms. The summed E-state index contributed by atoms with van der Waals surface area (Å²) in [5.74, 6) is -2.11. The molecule has 0 aliphatic rings. The van der Waals surface area contributed by atoms with Crippen LogP contribution in [0.1, 0.15) is 0 Å². The number of amides is 2. The average molecular weight is 240 g/mol. The van der Waals surface area contributed by atoms with Gasteiger partial charge in [0.05, 0.1) is 6.61 Å². The SMILES string of the molecule is COCCNC(=O)C(=O)Nc1cccc(F)c1. The predicted octanol–water partition coefficient (Wildman–Crippen LogP) is 0.527. The molecule has 0 heterocycles. The van der Waals surface area contributed by atoms with E-state index in [1.807, 2.05) is 0 Å². The van der Waals surface area contributed by atoms with Gasteiger partial charge >= 0.3 is 11.8 Å². The number of ether oxygens (including phenoxy) is 1. The molecule has 0 radical (unpaired) electrons. The Labute approximate surface area is 98.0 Å². The first-order valence-corrected chi connectivity index (χ1v) is 4.97. The van der Waals surface area contributed by atoms with E-state index in [1.54, 1.807) is 0 Å². The molecule has 5 nitrogen and oxygen atoms in total. The van der Waals surface area contributed by atoms with E-state index in [-0.39, 0.29) is 12.2 Å². The Morgan fingerprint density at radius 2 is 2.12 bits per heavy atom. The van der Waals surface area contributed by atoms with E-state index in [4.69, 9.17) is 4.74 Å². The minimum Gasteiger partial charge on any atom is -0.383 e. The van der Waals surface area contributed by atoms with Gasteiger partial charge in [-0.05, 0) is 18.2 Å². The lowest BCUT2D eigenvalue weighted by atomic mass is 10.3. The number of nitrogens with one attached hydrogen (secondary N) is 2. The first-order chi connectivity index (χ1) is 8.13. The highest BCUT2D eigenvalue weighted by Gasteiger charge is 2.12. The quantitative estimate of drug-likeness (QED) is 0.595. The van der Waals surface area contributed by atoms with Crippen molar-refractivity contribution in [3.8, 4) is 0 Å². The van der Waals surface area contributed by atoms with E-state index in [2.05, 4.69) is 10.6 Å². The molecular weight excluding hydrogens is 227 g/mol. The lowest BCUT2D eigenvalue weighted by Gasteiger charge is -2.05. The zero-order chi connectivity index (χ0) is 12.7. The second-order valence-electron chi connectivity index (χ2n) is 3.21. The standard InChI is InChI=1S/C11H13FN2O3/c1-17-6-5-13-10(15)11(16)14-9-4-2-3-8(12)7-9/h2-4,7H,5-6H2,1H3,(H,13,15)(H,14,16). The van der Waals surface area contributed by atoms with Gasteiger partial charge in [-0.15, -0.1) is 0 Å². The van der Waals surface area contributed by atoms with Crippen LogP contribution in [0.15, 0.2) is 24.3 Å². The molecule has 0 atom stereocenters. The molecule has 0 unspecified atom stereocenters. The second-order valence-corrected chi connectivity index (χ2v) is 3.21. The van der Waals surface area contributed by atoms with Crippen LogP contribution in [0.3, 0.4) is 0 Å². The Kier molecular flexibility index (Phi) is 5.09. The molecule has 2 amide bonds. The summed E-state index contributed by atoms with van der Waals surface area (Å²) in [6.07, 6.45) is 0. The Balaban J connectivity index is 2.46. The Bertz CT molecular complexity index is 409. The van der Waals surface area contributed by atoms with E-state index in [0.29, 0.717) is 6.61 Å². The number of anilines is 1. The topological polar surface area (TPSA) is 67.4 Å². The molecule has 92 valence electrons. The van der Waals surface area contributed by atoms with Gasteiger partial charge in [0.1, 0.15) is 5.82 Å².